The molecular weight excluding hydrogens is 322 g/mol. The van der Waals surface area contributed by atoms with Gasteiger partial charge in [-0.3, -0.25) is 4.79 Å². The van der Waals surface area contributed by atoms with Crippen LogP contribution in [0.5, 0.6) is 0 Å². The topological polar surface area (TPSA) is 81.7 Å². The summed E-state index contributed by atoms with van der Waals surface area (Å²) in [6.45, 7) is 8.57. The van der Waals surface area contributed by atoms with Gasteiger partial charge < -0.3 is 14.8 Å². The zero-order valence-corrected chi connectivity index (χ0v) is 15.5. The molecule has 0 saturated heterocycles. The molecule has 138 valence electrons. The monoisotopic (exact) mass is 349 g/mol. The van der Waals surface area contributed by atoms with Gasteiger partial charge in [0.05, 0.1) is 0 Å². The zero-order chi connectivity index (χ0) is 19.0. The second kappa shape index (κ2) is 9.20. The summed E-state index contributed by atoms with van der Waals surface area (Å²) >= 11 is 0. The van der Waals surface area contributed by atoms with Crippen molar-refractivity contribution >= 4 is 17.8 Å². The number of Topliss-reactive ketones (excluding diaryl/α,β-unsaturated/α-hetero) is 1. The van der Waals surface area contributed by atoms with Gasteiger partial charge in [-0.2, -0.15) is 0 Å². The van der Waals surface area contributed by atoms with Crippen LogP contribution in [0.1, 0.15) is 51.4 Å². The fourth-order valence-electron chi connectivity index (χ4n) is 2.04. The van der Waals surface area contributed by atoms with E-state index >= 15 is 0 Å². The number of rotatable bonds is 7. The van der Waals surface area contributed by atoms with Crippen LogP contribution in [0.15, 0.2) is 30.3 Å². The summed E-state index contributed by atoms with van der Waals surface area (Å²) in [7, 11) is 0. The number of nitrogens with one attached hydrogen (secondary N) is 1. The predicted octanol–water partition coefficient (Wildman–Crippen LogP) is 3.35. The highest BCUT2D eigenvalue weighted by atomic mass is 16.6. The fourth-order valence-corrected chi connectivity index (χ4v) is 2.04. The lowest BCUT2D eigenvalue weighted by atomic mass is 9.99. The quantitative estimate of drug-likeness (QED) is 0.603. The zero-order valence-electron chi connectivity index (χ0n) is 15.5. The summed E-state index contributed by atoms with van der Waals surface area (Å²) in [5, 5.41) is 2.54. The van der Waals surface area contributed by atoms with Crippen molar-refractivity contribution in [2.75, 3.05) is 6.61 Å². The van der Waals surface area contributed by atoms with Crippen molar-refractivity contribution in [2.24, 2.45) is 5.92 Å². The third-order valence-electron chi connectivity index (χ3n) is 3.58. The normalized spacial score (nSPS) is 13.5. The Morgan fingerprint density at radius 2 is 1.72 bits per heavy atom. The number of hydrogen-bond acceptors (Lipinski definition) is 5. The largest absolute Gasteiger partial charge is 0.456 e. The first kappa shape index (κ1) is 20.7. The van der Waals surface area contributed by atoms with E-state index in [4.69, 9.17) is 9.47 Å². The van der Waals surface area contributed by atoms with Gasteiger partial charge in [0.1, 0.15) is 11.6 Å². The van der Waals surface area contributed by atoms with Gasteiger partial charge in [0.2, 0.25) is 0 Å². The first-order valence-corrected chi connectivity index (χ1v) is 8.38. The Bertz CT molecular complexity index is 592. The van der Waals surface area contributed by atoms with Gasteiger partial charge in [-0.25, -0.2) is 9.59 Å². The average molecular weight is 349 g/mol. The summed E-state index contributed by atoms with van der Waals surface area (Å²) in [4.78, 5) is 36.3. The Labute approximate surface area is 148 Å². The third kappa shape index (κ3) is 7.37. The molecule has 0 aromatic heterocycles. The van der Waals surface area contributed by atoms with Crippen LogP contribution in [0.3, 0.4) is 0 Å². The van der Waals surface area contributed by atoms with Crippen LogP contribution in [0.25, 0.3) is 0 Å². The van der Waals surface area contributed by atoms with E-state index < -0.39 is 23.7 Å². The fraction of sp³-hybridized carbons (Fsp3) is 0.526. The average Bonchev–Trinajstić information content (AvgIpc) is 2.55. The Morgan fingerprint density at radius 1 is 1.12 bits per heavy atom. The highest BCUT2D eigenvalue weighted by molar-refractivity contribution is 5.98. The number of ketones is 1. The van der Waals surface area contributed by atoms with Crippen molar-refractivity contribution in [2.45, 2.75) is 52.7 Å². The summed E-state index contributed by atoms with van der Waals surface area (Å²) in [5.41, 5.74) is -0.201. The maximum Gasteiger partial charge on any atom is 0.408 e. The lowest BCUT2D eigenvalue weighted by molar-refractivity contribution is -0.146. The number of alkyl carbamates (subject to hydrolysis) is 1. The highest BCUT2D eigenvalue weighted by Crippen LogP contribution is 2.12. The van der Waals surface area contributed by atoms with E-state index in [0.717, 1.165) is 0 Å². The highest BCUT2D eigenvalue weighted by Gasteiger charge is 2.30. The molecule has 25 heavy (non-hydrogen) atoms. The number of amides is 1. The molecule has 1 aromatic rings. The van der Waals surface area contributed by atoms with Crippen LogP contribution in [-0.4, -0.2) is 36.1 Å². The molecule has 6 heteroatoms. The summed E-state index contributed by atoms with van der Waals surface area (Å²) in [6, 6.07) is 7.71. The number of benzene rings is 1. The number of carbonyl (C=O) groups is 3. The Balaban J connectivity index is 2.67. The summed E-state index contributed by atoms with van der Waals surface area (Å²) in [5.74, 6) is -1.11. The molecule has 0 bridgehead atoms. The molecule has 0 heterocycles. The van der Waals surface area contributed by atoms with Crippen LogP contribution < -0.4 is 5.32 Å². The maximum atomic E-state index is 12.3. The third-order valence-corrected chi connectivity index (χ3v) is 3.58. The second-order valence-electron chi connectivity index (χ2n) is 6.91. The van der Waals surface area contributed by atoms with Gasteiger partial charge in [-0.1, -0.05) is 50.6 Å². The number of carbonyl (C=O) groups excluding carboxylic acids is 3. The minimum absolute atomic E-state index is 0.160. The van der Waals surface area contributed by atoms with E-state index in [1.54, 1.807) is 51.1 Å². The van der Waals surface area contributed by atoms with Crippen molar-refractivity contribution in [3.05, 3.63) is 35.9 Å². The minimum Gasteiger partial charge on any atom is -0.456 e. The molecule has 0 saturated carbocycles. The molecule has 1 amide bonds. The summed E-state index contributed by atoms with van der Waals surface area (Å²) < 4.78 is 10.3. The van der Waals surface area contributed by atoms with Crippen LogP contribution >= 0.6 is 0 Å². The van der Waals surface area contributed by atoms with Crippen molar-refractivity contribution in [1.29, 1.82) is 0 Å². The van der Waals surface area contributed by atoms with E-state index in [-0.39, 0.29) is 18.3 Å². The molecule has 0 spiro atoms. The van der Waals surface area contributed by atoms with Gasteiger partial charge >= 0.3 is 12.1 Å². The maximum absolute atomic E-state index is 12.3. The Hall–Kier alpha value is -2.37. The molecule has 6 nitrogen and oxygen atoms in total. The van der Waals surface area contributed by atoms with Gasteiger partial charge in [-0.05, 0) is 26.7 Å². The first-order chi connectivity index (χ1) is 11.6. The van der Waals surface area contributed by atoms with Gasteiger partial charge in [-0.15, -0.1) is 0 Å². The molecule has 1 N–H and O–H groups in total. The van der Waals surface area contributed by atoms with E-state index in [1.165, 1.54) is 0 Å². The number of esters is 1. The molecule has 0 fully saturated rings. The molecule has 0 unspecified atom stereocenters. The van der Waals surface area contributed by atoms with E-state index in [9.17, 15) is 14.4 Å². The van der Waals surface area contributed by atoms with Crippen molar-refractivity contribution in [1.82, 2.24) is 5.32 Å². The number of hydrogen-bond donors (Lipinski definition) is 1. The lowest BCUT2D eigenvalue weighted by Crippen LogP contribution is -2.48. The van der Waals surface area contributed by atoms with Gasteiger partial charge in [0.15, 0.2) is 12.4 Å². The molecule has 1 aromatic carbocycles. The first-order valence-electron chi connectivity index (χ1n) is 8.38. The molecule has 0 aliphatic rings. The Morgan fingerprint density at radius 3 is 2.24 bits per heavy atom. The molecule has 1 rings (SSSR count). The van der Waals surface area contributed by atoms with E-state index in [1.807, 2.05) is 13.8 Å². The van der Waals surface area contributed by atoms with E-state index in [2.05, 4.69) is 5.32 Å². The van der Waals surface area contributed by atoms with E-state index in [0.29, 0.717) is 12.0 Å². The molecule has 0 radical (unpaired) electrons. The van der Waals surface area contributed by atoms with Crippen LogP contribution in [-0.2, 0) is 14.3 Å². The van der Waals surface area contributed by atoms with Crippen LogP contribution in [0.4, 0.5) is 4.79 Å². The minimum atomic E-state index is -0.872. The van der Waals surface area contributed by atoms with Gasteiger partial charge in [0, 0.05) is 5.56 Å². The van der Waals surface area contributed by atoms with Crippen LogP contribution in [0, 0.1) is 5.92 Å². The molecule has 0 aliphatic carbocycles. The molecule has 2 atom stereocenters. The summed E-state index contributed by atoms with van der Waals surface area (Å²) in [6.07, 6.45) is -0.0357. The number of ether oxygens (including phenoxy) is 2. The predicted molar refractivity (Wildman–Crippen MR) is 94.3 cm³/mol. The molecular formula is C19H27NO5. The van der Waals surface area contributed by atoms with Crippen molar-refractivity contribution in [3.63, 3.8) is 0 Å². The van der Waals surface area contributed by atoms with Crippen molar-refractivity contribution in [3.8, 4) is 0 Å². The molecule has 0 aliphatic heterocycles. The standard InChI is InChI=1S/C19H27NO5/c1-6-13(2)16(20-18(23)25-19(3,4)5)17(22)24-12-15(21)14-10-8-7-9-11-14/h7-11,13,16H,6,12H2,1-5H3,(H,20,23)/t13-,16+/m0/s1. The van der Waals surface area contributed by atoms with Gasteiger partial charge in [0.25, 0.3) is 0 Å². The smallest absolute Gasteiger partial charge is 0.408 e. The van der Waals surface area contributed by atoms with Crippen molar-refractivity contribution < 1.29 is 23.9 Å². The second-order valence-corrected chi connectivity index (χ2v) is 6.91. The lowest BCUT2D eigenvalue weighted by Gasteiger charge is -2.25. The Kier molecular flexibility index (Phi) is 7.61. The SMILES string of the molecule is CC[C@H](C)[C@@H](NC(=O)OC(C)(C)C)C(=O)OCC(=O)c1ccccc1. The van der Waals surface area contributed by atoms with Crippen LogP contribution in [0.2, 0.25) is 0 Å².